The molecule has 0 bridgehead atoms. The van der Waals surface area contributed by atoms with Crippen LogP contribution in [0.1, 0.15) is 5.56 Å². The van der Waals surface area contributed by atoms with Gasteiger partial charge in [0.05, 0.1) is 6.21 Å². The normalized spacial score (nSPS) is 11.5. The van der Waals surface area contributed by atoms with Crippen molar-refractivity contribution in [3.63, 3.8) is 0 Å². The molecule has 1 rings (SSSR count). The second kappa shape index (κ2) is 7.63. The molecule has 6 heteroatoms. The van der Waals surface area contributed by atoms with E-state index in [1.165, 1.54) is 24.0 Å². The predicted molar refractivity (Wildman–Crippen MR) is 59.1 cm³/mol. The molecule has 0 radical (unpaired) electrons. The summed E-state index contributed by atoms with van der Waals surface area (Å²) in [6.45, 7) is 0. The maximum absolute atomic E-state index is 13.0. The van der Waals surface area contributed by atoms with E-state index in [2.05, 4.69) is 10.2 Å². The molecule has 0 aliphatic heterocycles. The molecule has 1 aromatic rings. The van der Waals surface area contributed by atoms with Crippen LogP contribution in [-0.4, -0.2) is 17.6 Å². The van der Waals surface area contributed by atoms with E-state index >= 15 is 0 Å². The molecule has 0 amide bonds. The van der Waals surface area contributed by atoms with Crippen molar-refractivity contribution in [3.8, 4) is 0 Å². The third-order valence-corrected chi connectivity index (χ3v) is 1.97. The van der Waals surface area contributed by atoms with Gasteiger partial charge in [-0.3, -0.25) is 0 Å². The van der Waals surface area contributed by atoms with Crippen molar-refractivity contribution in [2.75, 3.05) is 6.26 Å². The molecular formula is C9H10FIN3S-. The minimum Gasteiger partial charge on any atom is -1.00 e. The molecule has 3 nitrogen and oxygen atoms in total. The SMILES string of the molecule is CS/C(N)=N/N=C/c1ccccc1F.[I-]. The van der Waals surface area contributed by atoms with Gasteiger partial charge >= 0.3 is 0 Å². The smallest absolute Gasteiger partial charge is 0.180 e. The molecule has 0 atom stereocenters. The zero-order valence-electron chi connectivity index (χ0n) is 8.02. The zero-order chi connectivity index (χ0) is 10.4. The Labute approximate surface area is 109 Å². The molecule has 1 aromatic carbocycles. The fourth-order valence-corrected chi connectivity index (χ4v) is 0.897. The fraction of sp³-hybridized carbons (Fsp3) is 0.111. The summed E-state index contributed by atoms with van der Waals surface area (Å²) in [6, 6.07) is 6.32. The van der Waals surface area contributed by atoms with Gasteiger partial charge < -0.3 is 29.7 Å². The van der Waals surface area contributed by atoms with Crippen LogP contribution in [0.25, 0.3) is 0 Å². The molecule has 0 aliphatic carbocycles. The number of hydrogen-bond donors (Lipinski definition) is 1. The van der Waals surface area contributed by atoms with Gasteiger partial charge in [0, 0.05) is 5.56 Å². The Kier molecular flexibility index (Phi) is 7.31. The van der Waals surface area contributed by atoms with Crippen LogP contribution in [0.5, 0.6) is 0 Å². The average Bonchev–Trinajstić information content (AvgIpc) is 2.20. The van der Waals surface area contributed by atoms with E-state index in [9.17, 15) is 4.39 Å². The maximum Gasteiger partial charge on any atom is 0.180 e. The van der Waals surface area contributed by atoms with Crippen LogP contribution < -0.4 is 29.7 Å². The molecule has 0 heterocycles. The molecule has 82 valence electrons. The molecule has 15 heavy (non-hydrogen) atoms. The standard InChI is InChI=1S/C9H10FN3S.HI/c1-14-9(11)13-12-6-7-4-2-3-5-8(7)10;/h2-6H,1H3,(H2,11,13);1H/p-1/b12-6+;. The van der Waals surface area contributed by atoms with E-state index in [4.69, 9.17) is 5.73 Å². The Hall–Kier alpha value is -0.630. The summed E-state index contributed by atoms with van der Waals surface area (Å²) in [5.74, 6) is -0.325. The lowest BCUT2D eigenvalue weighted by molar-refractivity contribution is -0.00000354. The predicted octanol–water partition coefficient (Wildman–Crippen LogP) is -1.16. The minimum absolute atomic E-state index is 0. The van der Waals surface area contributed by atoms with Crippen LogP contribution in [0.3, 0.4) is 0 Å². The maximum atomic E-state index is 13.0. The highest BCUT2D eigenvalue weighted by Gasteiger charge is 1.94. The third kappa shape index (κ3) is 5.12. The summed E-state index contributed by atoms with van der Waals surface area (Å²) >= 11 is 1.28. The second-order valence-corrected chi connectivity index (χ2v) is 3.23. The zero-order valence-corrected chi connectivity index (χ0v) is 11.0. The molecule has 0 saturated carbocycles. The molecule has 0 saturated heterocycles. The van der Waals surface area contributed by atoms with Gasteiger partial charge in [-0.05, 0) is 12.3 Å². The largest absolute Gasteiger partial charge is 1.00 e. The van der Waals surface area contributed by atoms with Crippen LogP contribution in [-0.2, 0) is 0 Å². The summed E-state index contributed by atoms with van der Waals surface area (Å²) in [5, 5.41) is 7.63. The summed E-state index contributed by atoms with van der Waals surface area (Å²) in [5.41, 5.74) is 5.77. The fourth-order valence-electron chi connectivity index (χ4n) is 0.769. The number of halogens is 2. The lowest BCUT2D eigenvalue weighted by atomic mass is 10.2. The van der Waals surface area contributed by atoms with Crippen LogP contribution in [0.4, 0.5) is 4.39 Å². The Morgan fingerprint density at radius 3 is 2.73 bits per heavy atom. The lowest BCUT2D eigenvalue weighted by Gasteiger charge is -1.92. The van der Waals surface area contributed by atoms with Gasteiger partial charge in [0.1, 0.15) is 5.82 Å². The van der Waals surface area contributed by atoms with Crippen molar-refractivity contribution >= 4 is 23.1 Å². The van der Waals surface area contributed by atoms with Crippen molar-refractivity contribution in [1.82, 2.24) is 0 Å². The number of thioether (sulfide) groups is 1. The summed E-state index contributed by atoms with van der Waals surface area (Å²) in [7, 11) is 0. The lowest BCUT2D eigenvalue weighted by Crippen LogP contribution is -3.00. The first-order chi connectivity index (χ1) is 6.74. The van der Waals surface area contributed by atoms with E-state index in [1.807, 2.05) is 0 Å². The Balaban J connectivity index is 0.00000196. The van der Waals surface area contributed by atoms with Crippen molar-refractivity contribution < 1.29 is 28.4 Å². The van der Waals surface area contributed by atoms with Crippen LogP contribution in [0, 0.1) is 5.82 Å². The number of nitrogens with two attached hydrogens (primary N) is 1. The Bertz CT molecular complexity index is 368. The van der Waals surface area contributed by atoms with E-state index in [0.717, 1.165) is 0 Å². The number of nitrogens with zero attached hydrogens (tertiary/aromatic N) is 2. The van der Waals surface area contributed by atoms with Crippen molar-refractivity contribution in [2.45, 2.75) is 0 Å². The Morgan fingerprint density at radius 1 is 1.47 bits per heavy atom. The second-order valence-electron chi connectivity index (χ2n) is 2.41. The first-order valence-corrected chi connectivity index (χ1v) is 5.11. The first-order valence-electron chi connectivity index (χ1n) is 3.89. The quantitative estimate of drug-likeness (QED) is 0.320. The van der Waals surface area contributed by atoms with Gasteiger partial charge in [-0.1, -0.05) is 30.0 Å². The van der Waals surface area contributed by atoms with Gasteiger partial charge in [-0.2, -0.15) is 5.10 Å². The first kappa shape index (κ1) is 14.4. The molecule has 0 aliphatic rings. The molecular weight excluding hydrogens is 328 g/mol. The minimum atomic E-state index is -0.325. The molecule has 2 N–H and O–H groups in total. The van der Waals surface area contributed by atoms with Gasteiger partial charge in [0.15, 0.2) is 5.17 Å². The van der Waals surface area contributed by atoms with Crippen molar-refractivity contribution in [2.24, 2.45) is 15.9 Å². The Morgan fingerprint density at radius 2 is 2.13 bits per heavy atom. The summed E-state index contributed by atoms with van der Waals surface area (Å²) in [6.07, 6.45) is 3.12. The topological polar surface area (TPSA) is 50.7 Å². The van der Waals surface area contributed by atoms with E-state index in [0.29, 0.717) is 10.7 Å². The van der Waals surface area contributed by atoms with Gasteiger partial charge in [-0.25, -0.2) is 4.39 Å². The molecule has 0 unspecified atom stereocenters. The number of benzene rings is 1. The van der Waals surface area contributed by atoms with Crippen LogP contribution in [0.2, 0.25) is 0 Å². The highest BCUT2D eigenvalue weighted by molar-refractivity contribution is 8.13. The van der Waals surface area contributed by atoms with Crippen LogP contribution >= 0.6 is 11.8 Å². The third-order valence-electron chi connectivity index (χ3n) is 1.47. The monoisotopic (exact) mass is 338 g/mol. The number of rotatable bonds is 2. The van der Waals surface area contributed by atoms with E-state index in [1.54, 1.807) is 24.5 Å². The van der Waals surface area contributed by atoms with E-state index < -0.39 is 0 Å². The highest BCUT2D eigenvalue weighted by atomic mass is 127. The van der Waals surface area contributed by atoms with Crippen LogP contribution in [0.15, 0.2) is 34.5 Å². The van der Waals surface area contributed by atoms with Gasteiger partial charge in [0.2, 0.25) is 0 Å². The molecule has 0 fully saturated rings. The average molecular weight is 338 g/mol. The van der Waals surface area contributed by atoms with Crippen molar-refractivity contribution in [3.05, 3.63) is 35.6 Å². The molecule has 0 spiro atoms. The van der Waals surface area contributed by atoms with Gasteiger partial charge in [-0.15, -0.1) is 5.10 Å². The summed E-state index contributed by atoms with van der Waals surface area (Å²) in [4.78, 5) is 0. The number of amidine groups is 1. The van der Waals surface area contributed by atoms with Crippen molar-refractivity contribution in [1.29, 1.82) is 0 Å². The molecule has 0 aromatic heterocycles. The van der Waals surface area contributed by atoms with E-state index in [-0.39, 0.29) is 29.8 Å². The number of hydrogen-bond acceptors (Lipinski definition) is 3. The summed E-state index contributed by atoms with van der Waals surface area (Å²) < 4.78 is 13.0. The highest BCUT2D eigenvalue weighted by Crippen LogP contribution is 2.03. The van der Waals surface area contributed by atoms with Gasteiger partial charge in [0.25, 0.3) is 0 Å².